The summed E-state index contributed by atoms with van der Waals surface area (Å²) in [5, 5.41) is 12.4. The van der Waals surface area contributed by atoms with Crippen molar-refractivity contribution in [1.29, 1.82) is 0 Å². The standard InChI is InChI=1S/C20H22N2O3/c1-14-7-9-16(10-8-14)22-12-11-17(20(22)25)19(24)21-18(13-23)15-5-3-2-4-6-15/h2-10,17-18,23H,11-13H2,1H3,(H,21,24)/t17?,18-/m1/s1. The Morgan fingerprint density at radius 2 is 1.88 bits per heavy atom. The molecule has 2 aromatic carbocycles. The number of carbonyl (C=O) groups is 2. The molecule has 25 heavy (non-hydrogen) atoms. The van der Waals surface area contributed by atoms with Gasteiger partial charge in [0.2, 0.25) is 11.8 Å². The van der Waals surface area contributed by atoms with Crippen molar-refractivity contribution in [2.75, 3.05) is 18.1 Å². The van der Waals surface area contributed by atoms with Crippen molar-refractivity contribution >= 4 is 17.5 Å². The number of hydrogen-bond acceptors (Lipinski definition) is 3. The molecule has 0 radical (unpaired) electrons. The molecule has 3 rings (SSSR count). The van der Waals surface area contributed by atoms with Gasteiger partial charge in [0.25, 0.3) is 0 Å². The van der Waals surface area contributed by atoms with Crippen LogP contribution in [0, 0.1) is 12.8 Å². The number of aliphatic hydroxyl groups is 1. The third kappa shape index (κ3) is 3.72. The number of nitrogens with zero attached hydrogens (tertiary/aromatic N) is 1. The molecule has 2 aromatic rings. The molecule has 0 aliphatic carbocycles. The Labute approximate surface area is 147 Å². The minimum Gasteiger partial charge on any atom is -0.394 e. The van der Waals surface area contributed by atoms with Gasteiger partial charge in [-0.15, -0.1) is 0 Å². The Balaban J connectivity index is 1.68. The van der Waals surface area contributed by atoms with Gasteiger partial charge in [-0.1, -0.05) is 48.0 Å². The highest BCUT2D eigenvalue weighted by atomic mass is 16.3. The highest BCUT2D eigenvalue weighted by molar-refractivity contribution is 6.09. The SMILES string of the molecule is Cc1ccc(N2CCC(C(=O)N[C@H](CO)c3ccccc3)C2=O)cc1. The number of aliphatic hydroxyl groups excluding tert-OH is 1. The molecule has 1 aliphatic heterocycles. The van der Waals surface area contributed by atoms with Gasteiger partial charge in [-0.3, -0.25) is 9.59 Å². The van der Waals surface area contributed by atoms with Crippen molar-refractivity contribution in [3.05, 3.63) is 65.7 Å². The topological polar surface area (TPSA) is 69.6 Å². The van der Waals surface area contributed by atoms with Crippen LogP contribution in [0.3, 0.4) is 0 Å². The lowest BCUT2D eigenvalue weighted by atomic mass is 10.0. The number of amides is 2. The molecule has 1 aliphatic rings. The maximum absolute atomic E-state index is 12.6. The minimum atomic E-state index is -0.709. The molecule has 1 fully saturated rings. The van der Waals surface area contributed by atoms with E-state index in [1.165, 1.54) is 0 Å². The van der Waals surface area contributed by atoms with E-state index in [0.717, 1.165) is 16.8 Å². The van der Waals surface area contributed by atoms with E-state index in [1.54, 1.807) is 4.90 Å². The minimum absolute atomic E-state index is 0.189. The summed E-state index contributed by atoms with van der Waals surface area (Å²) >= 11 is 0. The molecule has 2 amide bonds. The van der Waals surface area contributed by atoms with Gasteiger partial charge in [-0.05, 0) is 31.0 Å². The van der Waals surface area contributed by atoms with Crippen LogP contribution in [0.2, 0.25) is 0 Å². The highest BCUT2D eigenvalue weighted by Gasteiger charge is 2.38. The summed E-state index contributed by atoms with van der Waals surface area (Å²) in [6.07, 6.45) is 0.478. The zero-order valence-corrected chi connectivity index (χ0v) is 14.2. The van der Waals surface area contributed by atoms with Crippen molar-refractivity contribution in [3.8, 4) is 0 Å². The van der Waals surface area contributed by atoms with Gasteiger partial charge >= 0.3 is 0 Å². The third-order valence-corrected chi connectivity index (χ3v) is 4.57. The Bertz CT molecular complexity index is 743. The predicted octanol–water partition coefficient (Wildman–Crippen LogP) is 2.20. The van der Waals surface area contributed by atoms with Crippen LogP contribution in [-0.4, -0.2) is 30.1 Å². The monoisotopic (exact) mass is 338 g/mol. The molecule has 1 saturated heterocycles. The largest absolute Gasteiger partial charge is 0.394 e. The van der Waals surface area contributed by atoms with E-state index >= 15 is 0 Å². The van der Waals surface area contributed by atoms with Gasteiger partial charge in [-0.25, -0.2) is 0 Å². The molecule has 1 heterocycles. The summed E-state index contributed by atoms with van der Waals surface area (Å²) in [5.41, 5.74) is 2.75. The molecule has 5 heteroatoms. The number of hydrogen-bond donors (Lipinski definition) is 2. The summed E-state index contributed by atoms with van der Waals surface area (Å²) in [5.74, 6) is -1.23. The average Bonchev–Trinajstić information content (AvgIpc) is 3.02. The van der Waals surface area contributed by atoms with E-state index in [-0.39, 0.29) is 18.4 Å². The summed E-state index contributed by atoms with van der Waals surface area (Å²) in [6.45, 7) is 2.30. The number of benzene rings is 2. The van der Waals surface area contributed by atoms with Crippen LogP contribution in [0.25, 0.3) is 0 Å². The Hall–Kier alpha value is -2.66. The van der Waals surface area contributed by atoms with Gasteiger partial charge < -0.3 is 15.3 Å². The van der Waals surface area contributed by atoms with Crippen molar-refractivity contribution in [2.45, 2.75) is 19.4 Å². The van der Waals surface area contributed by atoms with Gasteiger partial charge in [0, 0.05) is 12.2 Å². The first-order chi connectivity index (χ1) is 12.1. The van der Waals surface area contributed by atoms with E-state index < -0.39 is 12.0 Å². The van der Waals surface area contributed by atoms with Crippen molar-refractivity contribution in [2.24, 2.45) is 5.92 Å². The molecule has 130 valence electrons. The Kier molecular flexibility index (Phi) is 5.14. The van der Waals surface area contributed by atoms with Crippen molar-refractivity contribution in [1.82, 2.24) is 5.32 Å². The zero-order valence-electron chi connectivity index (χ0n) is 14.2. The number of rotatable bonds is 5. The number of carbonyl (C=O) groups excluding carboxylic acids is 2. The Morgan fingerprint density at radius 1 is 1.20 bits per heavy atom. The van der Waals surface area contributed by atoms with E-state index in [9.17, 15) is 14.7 Å². The maximum Gasteiger partial charge on any atom is 0.239 e. The second-order valence-corrected chi connectivity index (χ2v) is 6.32. The van der Waals surface area contributed by atoms with Gasteiger partial charge in [0.05, 0.1) is 12.6 Å². The molecule has 2 atom stereocenters. The second kappa shape index (κ2) is 7.49. The van der Waals surface area contributed by atoms with Crippen molar-refractivity contribution in [3.63, 3.8) is 0 Å². The molecule has 2 N–H and O–H groups in total. The summed E-state index contributed by atoms with van der Waals surface area (Å²) < 4.78 is 0. The van der Waals surface area contributed by atoms with Crippen molar-refractivity contribution < 1.29 is 14.7 Å². The van der Waals surface area contributed by atoms with E-state index in [0.29, 0.717) is 13.0 Å². The van der Waals surface area contributed by atoms with E-state index in [1.807, 2.05) is 61.5 Å². The van der Waals surface area contributed by atoms with Gasteiger partial charge in [-0.2, -0.15) is 0 Å². The molecule has 0 aromatic heterocycles. The summed E-state index contributed by atoms with van der Waals surface area (Å²) in [7, 11) is 0. The van der Waals surface area contributed by atoms with Crippen LogP contribution >= 0.6 is 0 Å². The van der Waals surface area contributed by atoms with E-state index in [4.69, 9.17) is 0 Å². The highest BCUT2D eigenvalue weighted by Crippen LogP contribution is 2.26. The summed E-state index contributed by atoms with van der Waals surface area (Å²) in [6, 6.07) is 16.5. The first-order valence-corrected chi connectivity index (χ1v) is 8.44. The second-order valence-electron chi connectivity index (χ2n) is 6.32. The van der Waals surface area contributed by atoms with E-state index in [2.05, 4.69) is 5.32 Å². The fourth-order valence-electron chi connectivity index (χ4n) is 3.10. The normalized spacial score (nSPS) is 18.2. The van der Waals surface area contributed by atoms with Crippen LogP contribution in [0.15, 0.2) is 54.6 Å². The van der Waals surface area contributed by atoms with Gasteiger partial charge in [0.1, 0.15) is 5.92 Å². The van der Waals surface area contributed by atoms with Crippen LogP contribution in [0.4, 0.5) is 5.69 Å². The molecule has 0 spiro atoms. The predicted molar refractivity (Wildman–Crippen MR) is 96.1 cm³/mol. The first-order valence-electron chi connectivity index (χ1n) is 8.44. The fourth-order valence-corrected chi connectivity index (χ4v) is 3.10. The maximum atomic E-state index is 12.6. The molecule has 0 saturated carbocycles. The van der Waals surface area contributed by atoms with Crippen LogP contribution in [0.5, 0.6) is 0 Å². The van der Waals surface area contributed by atoms with Gasteiger partial charge in [0.15, 0.2) is 0 Å². The lowest BCUT2D eigenvalue weighted by Gasteiger charge is -2.20. The summed E-state index contributed by atoms with van der Waals surface area (Å²) in [4.78, 5) is 26.9. The number of anilines is 1. The van der Waals surface area contributed by atoms with Crippen LogP contribution < -0.4 is 10.2 Å². The van der Waals surface area contributed by atoms with Crippen LogP contribution in [0.1, 0.15) is 23.6 Å². The first kappa shape index (κ1) is 17.2. The molecular weight excluding hydrogens is 316 g/mol. The third-order valence-electron chi connectivity index (χ3n) is 4.57. The molecular formula is C20H22N2O3. The lowest BCUT2D eigenvalue weighted by Crippen LogP contribution is -2.39. The fraction of sp³-hybridized carbons (Fsp3) is 0.300. The average molecular weight is 338 g/mol. The number of aryl methyl sites for hydroxylation is 1. The lowest BCUT2D eigenvalue weighted by molar-refractivity contribution is -0.132. The molecule has 1 unspecified atom stereocenters. The Morgan fingerprint density at radius 3 is 2.52 bits per heavy atom. The zero-order chi connectivity index (χ0) is 17.8. The smallest absolute Gasteiger partial charge is 0.239 e. The molecule has 5 nitrogen and oxygen atoms in total. The number of nitrogens with one attached hydrogen (secondary N) is 1. The quantitative estimate of drug-likeness (QED) is 0.821. The van der Waals surface area contributed by atoms with Crippen LogP contribution in [-0.2, 0) is 9.59 Å². The molecule has 0 bridgehead atoms.